The summed E-state index contributed by atoms with van der Waals surface area (Å²) < 4.78 is 0. The molecular formula is C13H13NOS2. The molecule has 4 heteroatoms. The Morgan fingerprint density at radius 3 is 2.82 bits per heavy atom. The number of amides is 1. The third-order valence-electron chi connectivity index (χ3n) is 2.94. The van der Waals surface area contributed by atoms with Gasteiger partial charge in [0.25, 0.3) is 0 Å². The van der Waals surface area contributed by atoms with Crippen LogP contribution in [0, 0.1) is 5.92 Å². The fourth-order valence-corrected chi connectivity index (χ4v) is 3.31. The maximum absolute atomic E-state index is 11.9. The molecule has 0 aliphatic heterocycles. The van der Waals surface area contributed by atoms with Crippen LogP contribution in [0.2, 0.25) is 0 Å². The molecule has 1 saturated carbocycles. The Morgan fingerprint density at radius 1 is 1.35 bits per heavy atom. The van der Waals surface area contributed by atoms with Crippen LogP contribution >= 0.6 is 22.7 Å². The minimum absolute atomic E-state index is 0.0364. The number of carbonyl (C=O) groups is 1. The maximum atomic E-state index is 11.9. The van der Waals surface area contributed by atoms with Crippen LogP contribution in [0.15, 0.2) is 34.3 Å². The van der Waals surface area contributed by atoms with Crippen molar-refractivity contribution in [2.24, 2.45) is 5.92 Å². The fraction of sp³-hybridized carbons (Fsp3) is 0.308. The molecule has 2 aromatic heterocycles. The van der Waals surface area contributed by atoms with E-state index in [1.165, 1.54) is 10.4 Å². The van der Waals surface area contributed by atoms with Crippen molar-refractivity contribution in [3.05, 3.63) is 44.8 Å². The lowest BCUT2D eigenvalue weighted by Crippen LogP contribution is -2.29. The molecule has 0 unspecified atom stereocenters. The lowest BCUT2D eigenvalue weighted by Gasteiger charge is -2.16. The summed E-state index contributed by atoms with van der Waals surface area (Å²) in [5, 5.41) is 9.38. The molecule has 0 saturated heterocycles. The van der Waals surface area contributed by atoms with E-state index in [-0.39, 0.29) is 17.9 Å². The van der Waals surface area contributed by atoms with Crippen LogP contribution in [0.3, 0.4) is 0 Å². The van der Waals surface area contributed by atoms with Crippen LogP contribution in [0.25, 0.3) is 0 Å². The van der Waals surface area contributed by atoms with E-state index in [1.807, 2.05) is 6.07 Å². The van der Waals surface area contributed by atoms with Gasteiger partial charge in [-0.2, -0.15) is 11.3 Å². The molecular weight excluding hydrogens is 250 g/mol. The molecule has 2 nitrogen and oxygen atoms in total. The molecule has 1 atom stereocenters. The van der Waals surface area contributed by atoms with Gasteiger partial charge in [-0.05, 0) is 46.7 Å². The van der Waals surface area contributed by atoms with Crippen LogP contribution in [0.4, 0.5) is 0 Å². The van der Waals surface area contributed by atoms with Gasteiger partial charge in [0.05, 0.1) is 6.04 Å². The fourth-order valence-electron chi connectivity index (χ4n) is 1.82. The van der Waals surface area contributed by atoms with Crippen LogP contribution in [0.1, 0.15) is 29.3 Å². The topological polar surface area (TPSA) is 29.1 Å². The van der Waals surface area contributed by atoms with Crippen LogP contribution in [-0.2, 0) is 4.79 Å². The Kier molecular flexibility index (Phi) is 2.99. The summed E-state index contributed by atoms with van der Waals surface area (Å²) in [6.07, 6.45) is 2.10. The molecule has 0 aromatic carbocycles. The quantitative estimate of drug-likeness (QED) is 0.899. The molecule has 0 spiro atoms. The Bertz CT molecular complexity index is 451. The average Bonchev–Trinajstić information content (AvgIpc) is 2.84. The number of thiophene rings is 2. The molecule has 2 aromatic rings. The second-order valence-corrected chi connectivity index (χ2v) is 6.05. The molecule has 1 amide bonds. The lowest BCUT2D eigenvalue weighted by atomic mass is 10.1. The summed E-state index contributed by atoms with van der Waals surface area (Å²) in [6.45, 7) is 0. The minimum atomic E-state index is 0.0364. The van der Waals surface area contributed by atoms with E-state index in [0.717, 1.165) is 12.8 Å². The molecule has 1 fully saturated rings. The number of rotatable bonds is 4. The first kappa shape index (κ1) is 11.0. The normalized spacial score (nSPS) is 16.7. The van der Waals surface area contributed by atoms with Crippen molar-refractivity contribution < 1.29 is 4.79 Å². The van der Waals surface area contributed by atoms with Gasteiger partial charge in [-0.3, -0.25) is 4.79 Å². The molecule has 1 N–H and O–H groups in total. The summed E-state index contributed by atoms with van der Waals surface area (Å²) in [5.74, 6) is 0.464. The standard InChI is InChI=1S/C13H13NOS2/c15-13(9-3-4-9)14-12(10-5-7-16-8-10)11-2-1-6-17-11/h1-2,5-9,12H,3-4H2,(H,14,15)/t12-/m0/s1. The van der Waals surface area contributed by atoms with Crippen LogP contribution < -0.4 is 5.32 Å². The van der Waals surface area contributed by atoms with Crippen LogP contribution in [0.5, 0.6) is 0 Å². The molecule has 0 radical (unpaired) electrons. The van der Waals surface area contributed by atoms with E-state index in [1.54, 1.807) is 22.7 Å². The Morgan fingerprint density at radius 2 is 2.24 bits per heavy atom. The molecule has 1 aliphatic rings. The van der Waals surface area contributed by atoms with Gasteiger partial charge < -0.3 is 5.32 Å². The van der Waals surface area contributed by atoms with Crippen molar-refractivity contribution in [2.45, 2.75) is 18.9 Å². The monoisotopic (exact) mass is 263 g/mol. The van der Waals surface area contributed by atoms with E-state index in [9.17, 15) is 4.79 Å². The van der Waals surface area contributed by atoms with Crippen molar-refractivity contribution in [1.29, 1.82) is 0 Å². The summed E-state index contributed by atoms with van der Waals surface area (Å²) in [6, 6.07) is 6.24. The predicted molar refractivity (Wildman–Crippen MR) is 71.3 cm³/mol. The second kappa shape index (κ2) is 4.63. The first-order valence-electron chi connectivity index (χ1n) is 5.70. The molecule has 2 heterocycles. The highest BCUT2D eigenvalue weighted by molar-refractivity contribution is 7.10. The smallest absolute Gasteiger partial charge is 0.223 e. The highest BCUT2D eigenvalue weighted by Crippen LogP contribution is 2.32. The zero-order valence-electron chi connectivity index (χ0n) is 9.26. The lowest BCUT2D eigenvalue weighted by molar-refractivity contribution is -0.122. The predicted octanol–water partition coefficient (Wildman–Crippen LogP) is 3.43. The summed E-state index contributed by atoms with van der Waals surface area (Å²) >= 11 is 3.36. The summed E-state index contributed by atoms with van der Waals surface area (Å²) in [5.41, 5.74) is 1.19. The molecule has 17 heavy (non-hydrogen) atoms. The molecule has 0 bridgehead atoms. The third-order valence-corrected chi connectivity index (χ3v) is 4.58. The first-order chi connectivity index (χ1) is 8.34. The Hall–Kier alpha value is -1.13. The maximum Gasteiger partial charge on any atom is 0.223 e. The zero-order chi connectivity index (χ0) is 11.7. The van der Waals surface area contributed by atoms with Crippen molar-refractivity contribution in [3.8, 4) is 0 Å². The number of hydrogen-bond donors (Lipinski definition) is 1. The van der Waals surface area contributed by atoms with E-state index < -0.39 is 0 Å². The van der Waals surface area contributed by atoms with E-state index >= 15 is 0 Å². The van der Waals surface area contributed by atoms with E-state index in [0.29, 0.717) is 0 Å². The Labute approximate surface area is 108 Å². The van der Waals surface area contributed by atoms with Crippen LogP contribution in [-0.4, -0.2) is 5.91 Å². The van der Waals surface area contributed by atoms with E-state index in [4.69, 9.17) is 0 Å². The van der Waals surface area contributed by atoms with Gasteiger partial charge in [0.2, 0.25) is 5.91 Å². The van der Waals surface area contributed by atoms with Crippen molar-refractivity contribution in [3.63, 3.8) is 0 Å². The molecule has 88 valence electrons. The number of nitrogens with one attached hydrogen (secondary N) is 1. The minimum Gasteiger partial charge on any atom is -0.344 e. The Balaban J connectivity index is 1.83. The molecule has 1 aliphatic carbocycles. The summed E-state index contributed by atoms with van der Waals surface area (Å²) in [4.78, 5) is 13.1. The van der Waals surface area contributed by atoms with Gasteiger partial charge in [0.1, 0.15) is 0 Å². The second-order valence-electron chi connectivity index (χ2n) is 4.29. The average molecular weight is 263 g/mol. The molecule has 3 rings (SSSR count). The van der Waals surface area contributed by atoms with Gasteiger partial charge in [-0.1, -0.05) is 6.07 Å². The van der Waals surface area contributed by atoms with Crippen molar-refractivity contribution in [1.82, 2.24) is 5.32 Å². The highest BCUT2D eigenvalue weighted by atomic mass is 32.1. The van der Waals surface area contributed by atoms with Crippen molar-refractivity contribution >= 4 is 28.6 Å². The van der Waals surface area contributed by atoms with Gasteiger partial charge in [0, 0.05) is 10.8 Å². The SMILES string of the molecule is O=C(N[C@@H](c1ccsc1)c1cccs1)C1CC1. The largest absolute Gasteiger partial charge is 0.344 e. The van der Waals surface area contributed by atoms with Crippen molar-refractivity contribution in [2.75, 3.05) is 0 Å². The number of carbonyl (C=O) groups excluding carboxylic acids is 1. The zero-order valence-corrected chi connectivity index (χ0v) is 10.9. The number of hydrogen-bond acceptors (Lipinski definition) is 3. The third kappa shape index (κ3) is 2.42. The van der Waals surface area contributed by atoms with E-state index in [2.05, 4.69) is 33.6 Å². The van der Waals surface area contributed by atoms with Gasteiger partial charge in [0.15, 0.2) is 0 Å². The first-order valence-corrected chi connectivity index (χ1v) is 7.53. The van der Waals surface area contributed by atoms with Gasteiger partial charge >= 0.3 is 0 Å². The highest BCUT2D eigenvalue weighted by Gasteiger charge is 2.31. The van der Waals surface area contributed by atoms with Gasteiger partial charge in [-0.15, -0.1) is 11.3 Å². The summed E-state index contributed by atoms with van der Waals surface area (Å²) in [7, 11) is 0. The van der Waals surface area contributed by atoms with Gasteiger partial charge in [-0.25, -0.2) is 0 Å².